The van der Waals surface area contributed by atoms with E-state index in [1.165, 1.54) is 5.56 Å². The van der Waals surface area contributed by atoms with E-state index in [9.17, 15) is 9.59 Å². The number of hydrazine groups is 1. The first kappa shape index (κ1) is 19.5. The summed E-state index contributed by atoms with van der Waals surface area (Å²) in [6.07, 6.45) is 2.02. The molecule has 148 valence electrons. The van der Waals surface area contributed by atoms with Crippen molar-refractivity contribution in [3.05, 3.63) is 53.6 Å². The van der Waals surface area contributed by atoms with E-state index in [2.05, 4.69) is 16.9 Å². The summed E-state index contributed by atoms with van der Waals surface area (Å²) in [4.78, 5) is 26.2. The number of hydrogen-bond donors (Lipinski definition) is 2. The molecule has 3 rings (SSSR count). The Balaban J connectivity index is 1.46. The molecule has 2 N–H and O–H groups in total. The molecule has 1 aliphatic rings. The van der Waals surface area contributed by atoms with E-state index >= 15 is 0 Å². The molecule has 0 aromatic heterocycles. The van der Waals surface area contributed by atoms with Crippen molar-refractivity contribution in [1.29, 1.82) is 0 Å². The number of anilines is 1. The average Bonchev–Trinajstić information content (AvgIpc) is 2.71. The van der Waals surface area contributed by atoms with Crippen molar-refractivity contribution in [3.63, 3.8) is 0 Å². The summed E-state index contributed by atoms with van der Waals surface area (Å²) in [6.45, 7) is 2.71. The topological polar surface area (TPSA) is 79.9 Å². The van der Waals surface area contributed by atoms with Crippen LogP contribution in [0.5, 0.6) is 11.5 Å². The van der Waals surface area contributed by atoms with E-state index in [0.29, 0.717) is 11.5 Å². The zero-order chi connectivity index (χ0) is 19.9. The molecule has 1 aliphatic heterocycles. The van der Waals surface area contributed by atoms with Gasteiger partial charge in [0.1, 0.15) is 0 Å². The lowest BCUT2D eigenvalue weighted by Crippen LogP contribution is -2.48. The summed E-state index contributed by atoms with van der Waals surface area (Å²) in [5, 5.41) is 0. The summed E-state index contributed by atoms with van der Waals surface area (Å²) in [6, 6.07) is 13.5. The first-order valence-electron chi connectivity index (χ1n) is 9.25. The highest BCUT2D eigenvalue weighted by molar-refractivity contribution is 5.85. The fraction of sp³-hybridized carbons (Fsp3) is 0.333. The standard InChI is InChI=1S/C21H25N3O4/c1-15-9-10-18(19(12-15)27-2)28-14-21(26)23-22-20(25)13-24-11-5-7-16-6-3-4-8-17(16)24/h3-4,6,8-10,12H,5,7,11,13-14H2,1-2H3,(H,22,25)(H,23,26). The van der Waals surface area contributed by atoms with Crippen molar-refractivity contribution in [2.24, 2.45) is 0 Å². The number of para-hydroxylation sites is 1. The molecule has 0 saturated heterocycles. The quantitative estimate of drug-likeness (QED) is 0.746. The lowest BCUT2D eigenvalue weighted by molar-refractivity contribution is -0.129. The molecule has 2 aromatic rings. The second-order valence-electron chi connectivity index (χ2n) is 6.69. The van der Waals surface area contributed by atoms with Crippen molar-refractivity contribution in [2.75, 3.05) is 31.7 Å². The van der Waals surface area contributed by atoms with Crippen LogP contribution in [0.3, 0.4) is 0 Å². The largest absolute Gasteiger partial charge is 0.493 e. The van der Waals surface area contributed by atoms with E-state index in [0.717, 1.165) is 30.6 Å². The van der Waals surface area contributed by atoms with Crippen LogP contribution in [0, 0.1) is 6.92 Å². The molecule has 0 saturated carbocycles. The van der Waals surface area contributed by atoms with E-state index in [1.807, 2.05) is 42.2 Å². The van der Waals surface area contributed by atoms with Gasteiger partial charge in [0.2, 0.25) is 0 Å². The molecule has 0 fully saturated rings. The molecule has 0 radical (unpaired) electrons. The van der Waals surface area contributed by atoms with Gasteiger partial charge >= 0.3 is 0 Å². The van der Waals surface area contributed by atoms with Crippen LogP contribution in [-0.4, -0.2) is 38.6 Å². The highest BCUT2D eigenvalue weighted by Gasteiger charge is 2.18. The zero-order valence-electron chi connectivity index (χ0n) is 16.2. The number of fused-ring (bicyclic) bond motifs is 1. The van der Waals surface area contributed by atoms with Gasteiger partial charge in [-0.1, -0.05) is 24.3 Å². The number of carbonyl (C=O) groups is 2. The molecule has 7 heteroatoms. The molecule has 28 heavy (non-hydrogen) atoms. The predicted molar refractivity (Wildman–Crippen MR) is 106 cm³/mol. The Morgan fingerprint density at radius 3 is 2.68 bits per heavy atom. The Labute approximate surface area is 164 Å². The zero-order valence-corrected chi connectivity index (χ0v) is 16.2. The number of carbonyl (C=O) groups excluding carboxylic acids is 2. The lowest BCUT2D eigenvalue weighted by atomic mass is 10.0. The number of aryl methyl sites for hydroxylation is 2. The van der Waals surface area contributed by atoms with Crippen LogP contribution in [0.15, 0.2) is 42.5 Å². The molecule has 0 spiro atoms. The normalized spacial score (nSPS) is 12.7. The molecule has 7 nitrogen and oxygen atoms in total. The van der Waals surface area contributed by atoms with Crippen LogP contribution in [0.2, 0.25) is 0 Å². The fourth-order valence-corrected chi connectivity index (χ4v) is 3.20. The highest BCUT2D eigenvalue weighted by Crippen LogP contribution is 2.28. The van der Waals surface area contributed by atoms with Gasteiger partial charge in [0, 0.05) is 12.2 Å². The summed E-state index contributed by atoms with van der Waals surface area (Å²) in [7, 11) is 1.54. The van der Waals surface area contributed by atoms with Crippen molar-refractivity contribution in [2.45, 2.75) is 19.8 Å². The molecule has 0 aliphatic carbocycles. The summed E-state index contributed by atoms with van der Waals surface area (Å²) < 4.78 is 10.7. The number of benzene rings is 2. The molecule has 2 aromatic carbocycles. The molecule has 0 unspecified atom stereocenters. The monoisotopic (exact) mass is 383 g/mol. The predicted octanol–water partition coefficient (Wildman–Crippen LogP) is 1.98. The van der Waals surface area contributed by atoms with Gasteiger partial charge in [-0.15, -0.1) is 0 Å². The maximum Gasteiger partial charge on any atom is 0.276 e. The minimum absolute atomic E-state index is 0.184. The van der Waals surface area contributed by atoms with Crippen LogP contribution in [-0.2, 0) is 16.0 Å². The van der Waals surface area contributed by atoms with Crippen molar-refractivity contribution in [3.8, 4) is 11.5 Å². The van der Waals surface area contributed by atoms with E-state index in [-0.39, 0.29) is 19.1 Å². The number of ether oxygens (including phenoxy) is 2. The van der Waals surface area contributed by atoms with Gasteiger partial charge in [-0.2, -0.15) is 0 Å². The van der Waals surface area contributed by atoms with Crippen LogP contribution in [0.1, 0.15) is 17.5 Å². The van der Waals surface area contributed by atoms with Gasteiger partial charge < -0.3 is 14.4 Å². The second-order valence-corrected chi connectivity index (χ2v) is 6.69. The van der Waals surface area contributed by atoms with Crippen LogP contribution >= 0.6 is 0 Å². The summed E-state index contributed by atoms with van der Waals surface area (Å²) in [5.41, 5.74) is 8.17. The van der Waals surface area contributed by atoms with Crippen molar-refractivity contribution in [1.82, 2.24) is 10.9 Å². The second kappa shape index (κ2) is 9.12. The van der Waals surface area contributed by atoms with Gasteiger partial charge in [-0.3, -0.25) is 20.4 Å². The van der Waals surface area contributed by atoms with Gasteiger partial charge in [0.25, 0.3) is 11.8 Å². The molecular formula is C21H25N3O4. The summed E-state index contributed by atoms with van der Waals surface area (Å²) >= 11 is 0. The maximum atomic E-state index is 12.2. The number of methoxy groups -OCH3 is 1. The highest BCUT2D eigenvalue weighted by atomic mass is 16.5. The van der Waals surface area contributed by atoms with Gasteiger partial charge in [0.15, 0.2) is 18.1 Å². The third-order valence-corrected chi connectivity index (χ3v) is 4.56. The lowest BCUT2D eigenvalue weighted by Gasteiger charge is -2.30. The number of nitrogens with one attached hydrogen (secondary N) is 2. The van der Waals surface area contributed by atoms with E-state index < -0.39 is 5.91 Å². The third kappa shape index (κ3) is 4.94. The third-order valence-electron chi connectivity index (χ3n) is 4.56. The Hall–Kier alpha value is -3.22. The first-order chi connectivity index (χ1) is 13.6. The molecule has 1 heterocycles. The van der Waals surface area contributed by atoms with Crippen molar-refractivity contribution < 1.29 is 19.1 Å². The smallest absolute Gasteiger partial charge is 0.276 e. The number of hydrogen-bond acceptors (Lipinski definition) is 5. The molecule has 0 atom stereocenters. The Morgan fingerprint density at radius 1 is 1.07 bits per heavy atom. The molecule has 2 amide bonds. The maximum absolute atomic E-state index is 12.2. The van der Waals surface area contributed by atoms with Crippen molar-refractivity contribution >= 4 is 17.5 Å². The summed E-state index contributed by atoms with van der Waals surface area (Å²) in [5.74, 6) is 0.299. The minimum atomic E-state index is -0.449. The number of nitrogens with zero attached hydrogens (tertiary/aromatic N) is 1. The fourth-order valence-electron chi connectivity index (χ4n) is 3.20. The average molecular weight is 383 g/mol. The Bertz CT molecular complexity index is 853. The number of amides is 2. The minimum Gasteiger partial charge on any atom is -0.493 e. The molecular weight excluding hydrogens is 358 g/mol. The molecule has 0 bridgehead atoms. The Kier molecular flexibility index (Phi) is 6.37. The van der Waals surface area contributed by atoms with Crippen LogP contribution < -0.4 is 25.2 Å². The van der Waals surface area contributed by atoms with E-state index in [4.69, 9.17) is 9.47 Å². The van der Waals surface area contributed by atoms with E-state index in [1.54, 1.807) is 13.2 Å². The first-order valence-corrected chi connectivity index (χ1v) is 9.25. The van der Waals surface area contributed by atoms with Gasteiger partial charge in [-0.05, 0) is 49.1 Å². The SMILES string of the molecule is COc1cc(C)ccc1OCC(=O)NNC(=O)CN1CCCc2ccccc21. The van der Waals surface area contributed by atoms with Crippen LogP contribution in [0.4, 0.5) is 5.69 Å². The van der Waals surface area contributed by atoms with Gasteiger partial charge in [-0.25, -0.2) is 0 Å². The van der Waals surface area contributed by atoms with Crippen LogP contribution in [0.25, 0.3) is 0 Å². The number of rotatable bonds is 6. The Morgan fingerprint density at radius 2 is 1.86 bits per heavy atom. The van der Waals surface area contributed by atoms with Gasteiger partial charge in [0.05, 0.1) is 13.7 Å².